The lowest BCUT2D eigenvalue weighted by Crippen LogP contribution is -2.38. The molecule has 0 aromatic carbocycles. The second-order valence-electron chi connectivity index (χ2n) is 4.82. The van der Waals surface area contributed by atoms with E-state index in [1.165, 1.54) is 20.8 Å². The number of ketones is 2. The van der Waals surface area contributed by atoms with E-state index in [0.29, 0.717) is 0 Å². The summed E-state index contributed by atoms with van der Waals surface area (Å²) in [5.41, 5.74) is -1.04. The van der Waals surface area contributed by atoms with Crippen molar-refractivity contribution in [1.29, 1.82) is 0 Å². The summed E-state index contributed by atoms with van der Waals surface area (Å²) in [6, 6.07) is 0. The van der Waals surface area contributed by atoms with Crippen molar-refractivity contribution in [3.8, 4) is 0 Å². The Bertz CT molecular complexity index is 352. The van der Waals surface area contributed by atoms with E-state index in [-0.39, 0.29) is 0 Å². The normalized spacial score (nSPS) is 13.9. The number of carbonyl (C=O) groups excluding carboxylic acids is 3. The lowest BCUT2D eigenvalue weighted by atomic mass is 9.81. The maximum Gasteiger partial charge on any atom is 0.450 e. The molecule has 104 valence electrons. The number of hydrogen-bond donors (Lipinski definition) is 0. The molecule has 0 spiro atoms. The number of carbonyl (C=O) groups is 3. The summed E-state index contributed by atoms with van der Waals surface area (Å²) in [5.74, 6) is -5.72. The molecule has 1 atom stereocenters. The quantitative estimate of drug-likeness (QED) is 0.577. The van der Waals surface area contributed by atoms with Crippen LogP contribution in [-0.4, -0.2) is 30.8 Å². The van der Waals surface area contributed by atoms with Crippen molar-refractivity contribution >= 4 is 17.5 Å². The standard InChI is InChI=1S/C11H15F3O4/c1-10(2,3)8(16)6(9(17)18-4)5-7(15)11(12,13)14/h6H,5H2,1-4H3. The Labute approximate surface area is 102 Å². The van der Waals surface area contributed by atoms with Gasteiger partial charge in [-0.3, -0.25) is 14.4 Å². The van der Waals surface area contributed by atoms with Crippen LogP contribution in [0.4, 0.5) is 13.2 Å². The first kappa shape index (κ1) is 16.6. The maximum atomic E-state index is 12.1. The molecule has 0 aliphatic carbocycles. The van der Waals surface area contributed by atoms with E-state index < -0.39 is 41.5 Å². The fraction of sp³-hybridized carbons (Fsp3) is 0.727. The molecule has 0 aromatic rings. The average molecular weight is 268 g/mol. The molecule has 4 nitrogen and oxygen atoms in total. The Kier molecular flexibility index (Phi) is 5.07. The molecule has 1 unspecified atom stereocenters. The number of Topliss-reactive ketones (excluding diaryl/α,β-unsaturated/α-hetero) is 2. The highest BCUT2D eigenvalue weighted by Crippen LogP contribution is 2.27. The zero-order chi connectivity index (χ0) is 14.7. The van der Waals surface area contributed by atoms with Gasteiger partial charge < -0.3 is 4.74 Å². The van der Waals surface area contributed by atoms with Gasteiger partial charge in [0, 0.05) is 11.8 Å². The van der Waals surface area contributed by atoms with Crippen molar-refractivity contribution in [2.45, 2.75) is 33.4 Å². The Balaban J connectivity index is 5.11. The summed E-state index contributed by atoms with van der Waals surface area (Å²) >= 11 is 0. The summed E-state index contributed by atoms with van der Waals surface area (Å²) < 4.78 is 40.6. The zero-order valence-corrected chi connectivity index (χ0v) is 10.6. The van der Waals surface area contributed by atoms with Crippen LogP contribution < -0.4 is 0 Å². The van der Waals surface area contributed by atoms with Gasteiger partial charge in [-0.05, 0) is 0 Å². The minimum absolute atomic E-state index is 0.757. The van der Waals surface area contributed by atoms with E-state index in [1.54, 1.807) is 0 Å². The molecule has 0 aromatic heterocycles. The van der Waals surface area contributed by atoms with Crippen molar-refractivity contribution in [3.63, 3.8) is 0 Å². The van der Waals surface area contributed by atoms with E-state index in [4.69, 9.17) is 0 Å². The predicted molar refractivity (Wildman–Crippen MR) is 55.6 cm³/mol. The second-order valence-corrected chi connectivity index (χ2v) is 4.82. The Morgan fingerprint density at radius 2 is 1.56 bits per heavy atom. The monoisotopic (exact) mass is 268 g/mol. The summed E-state index contributed by atoms with van der Waals surface area (Å²) in [4.78, 5) is 33.9. The van der Waals surface area contributed by atoms with Crippen LogP contribution in [-0.2, 0) is 19.1 Å². The van der Waals surface area contributed by atoms with Gasteiger partial charge in [-0.2, -0.15) is 13.2 Å². The van der Waals surface area contributed by atoms with Gasteiger partial charge in [-0.1, -0.05) is 20.8 Å². The molecule has 18 heavy (non-hydrogen) atoms. The maximum absolute atomic E-state index is 12.1. The van der Waals surface area contributed by atoms with Crippen LogP contribution in [0.2, 0.25) is 0 Å². The van der Waals surface area contributed by atoms with Gasteiger partial charge in [-0.25, -0.2) is 0 Å². The minimum Gasteiger partial charge on any atom is -0.468 e. The predicted octanol–water partition coefficient (Wildman–Crippen LogP) is 1.91. The van der Waals surface area contributed by atoms with Crippen molar-refractivity contribution in [3.05, 3.63) is 0 Å². The minimum atomic E-state index is -5.07. The Hall–Kier alpha value is -1.40. The lowest BCUT2D eigenvalue weighted by Gasteiger charge is -2.22. The Morgan fingerprint density at radius 3 is 1.83 bits per heavy atom. The molecule has 0 saturated heterocycles. The van der Waals surface area contributed by atoms with Crippen molar-refractivity contribution < 1.29 is 32.3 Å². The number of rotatable bonds is 4. The van der Waals surface area contributed by atoms with Gasteiger partial charge in [0.1, 0.15) is 5.92 Å². The molecule has 0 aliphatic heterocycles. The highest BCUT2D eigenvalue weighted by Gasteiger charge is 2.44. The summed E-state index contributed by atoms with van der Waals surface area (Å²) in [6.07, 6.45) is -6.28. The van der Waals surface area contributed by atoms with Gasteiger partial charge >= 0.3 is 12.1 Å². The zero-order valence-electron chi connectivity index (χ0n) is 10.6. The van der Waals surface area contributed by atoms with Crippen LogP contribution in [0.3, 0.4) is 0 Å². The fourth-order valence-corrected chi connectivity index (χ4v) is 1.25. The molecule has 0 fully saturated rings. The molecule has 0 heterocycles. The van der Waals surface area contributed by atoms with Crippen molar-refractivity contribution in [2.24, 2.45) is 11.3 Å². The molecule has 7 heteroatoms. The average Bonchev–Trinajstić information content (AvgIpc) is 2.20. The smallest absolute Gasteiger partial charge is 0.450 e. The third-order valence-electron chi connectivity index (χ3n) is 2.25. The summed E-state index contributed by atoms with van der Waals surface area (Å²) in [6.45, 7) is 4.34. The topological polar surface area (TPSA) is 60.4 Å². The highest BCUT2D eigenvalue weighted by atomic mass is 19.4. The van der Waals surface area contributed by atoms with Crippen LogP contribution in [0.5, 0.6) is 0 Å². The second kappa shape index (κ2) is 5.49. The number of alkyl halides is 3. The van der Waals surface area contributed by atoms with Gasteiger partial charge in [0.25, 0.3) is 0 Å². The molecule has 0 N–H and O–H groups in total. The highest BCUT2D eigenvalue weighted by molar-refractivity contribution is 6.05. The van der Waals surface area contributed by atoms with Crippen LogP contribution in [0.25, 0.3) is 0 Å². The SMILES string of the molecule is COC(=O)C(CC(=O)C(F)(F)F)C(=O)C(C)(C)C. The molecule has 0 amide bonds. The van der Waals surface area contributed by atoms with Crippen LogP contribution in [0.1, 0.15) is 27.2 Å². The van der Waals surface area contributed by atoms with Gasteiger partial charge in [0.2, 0.25) is 5.78 Å². The Morgan fingerprint density at radius 1 is 1.11 bits per heavy atom. The fourth-order valence-electron chi connectivity index (χ4n) is 1.25. The lowest BCUT2D eigenvalue weighted by molar-refractivity contribution is -0.174. The van der Waals surface area contributed by atoms with Crippen molar-refractivity contribution in [1.82, 2.24) is 0 Å². The van der Waals surface area contributed by atoms with E-state index >= 15 is 0 Å². The molecule has 0 aliphatic rings. The van der Waals surface area contributed by atoms with Crippen LogP contribution >= 0.6 is 0 Å². The molecule has 0 bridgehead atoms. The number of ether oxygens (including phenoxy) is 1. The summed E-state index contributed by atoms with van der Waals surface area (Å²) in [7, 11) is 0.948. The van der Waals surface area contributed by atoms with Crippen molar-refractivity contribution in [2.75, 3.05) is 7.11 Å². The molecule has 0 saturated carbocycles. The van der Waals surface area contributed by atoms with Gasteiger partial charge in [0.05, 0.1) is 7.11 Å². The number of halogens is 3. The molecule has 0 radical (unpaired) electrons. The third kappa shape index (κ3) is 4.46. The molecular formula is C11H15F3O4. The van der Waals surface area contributed by atoms with E-state index in [2.05, 4.69) is 4.74 Å². The molecule has 0 rings (SSSR count). The van der Waals surface area contributed by atoms with E-state index in [0.717, 1.165) is 7.11 Å². The molecular weight excluding hydrogens is 253 g/mol. The first-order valence-corrected chi connectivity index (χ1v) is 5.13. The van der Waals surface area contributed by atoms with Gasteiger partial charge in [-0.15, -0.1) is 0 Å². The van der Waals surface area contributed by atoms with E-state index in [9.17, 15) is 27.6 Å². The number of hydrogen-bond acceptors (Lipinski definition) is 4. The first-order chi connectivity index (χ1) is 7.91. The number of esters is 1. The third-order valence-corrected chi connectivity index (χ3v) is 2.25. The van der Waals surface area contributed by atoms with E-state index in [1.807, 2.05) is 0 Å². The van der Waals surface area contributed by atoms with Crippen LogP contribution in [0.15, 0.2) is 0 Å². The first-order valence-electron chi connectivity index (χ1n) is 5.13. The summed E-state index contributed by atoms with van der Waals surface area (Å²) in [5, 5.41) is 0. The number of methoxy groups -OCH3 is 1. The van der Waals surface area contributed by atoms with Crippen LogP contribution in [0, 0.1) is 11.3 Å². The van der Waals surface area contributed by atoms with Gasteiger partial charge in [0.15, 0.2) is 5.78 Å². The largest absolute Gasteiger partial charge is 0.468 e.